The van der Waals surface area contributed by atoms with E-state index in [0.29, 0.717) is 5.92 Å². The fraction of sp³-hybridized carbons (Fsp3) is 0.545. The number of carbonyl (C=O) groups is 1. The van der Waals surface area contributed by atoms with Crippen molar-refractivity contribution in [1.82, 2.24) is 5.32 Å². The zero-order valence-electron chi connectivity index (χ0n) is 9.21. The van der Waals surface area contributed by atoms with Gasteiger partial charge in [-0.1, -0.05) is 13.8 Å². The van der Waals surface area contributed by atoms with Crippen LogP contribution >= 0.6 is 11.6 Å². The van der Waals surface area contributed by atoms with Crippen LogP contribution in [-0.4, -0.2) is 11.9 Å². The first-order chi connectivity index (χ1) is 6.99. The van der Waals surface area contributed by atoms with Crippen molar-refractivity contribution in [2.24, 2.45) is 5.92 Å². The average Bonchev–Trinajstić information content (AvgIpc) is 2.49. The molecular formula is C11H16ClNO2. The van der Waals surface area contributed by atoms with Crippen LogP contribution in [-0.2, 0) is 0 Å². The summed E-state index contributed by atoms with van der Waals surface area (Å²) in [5.74, 6) is 0.603. The van der Waals surface area contributed by atoms with Crippen LogP contribution < -0.4 is 5.32 Å². The van der Waals surface area contributed by atoms with E-state index in [0.717, 1.165) is 6.42 Å². The van der Waals surface area contributed by atoms with Crippen molar-refractivity contribution >= 4 is 17.5 Å². The second-order valence-corrected chi connectivity index (χ2v) is 4.48. The minimum atomic E-state index is -0.213. The first-order valence-electron chi connectivity index (χ1n) is 5.05. The van der Waals surface area contributed by atoms with Gasteiger partial charge in [-0.3, -0.25) is 4.79 Å². The van der Waals surface area contributed by atoms with E-state index in [1.807, 2.05) is 6.92 Å². The van der Waals surface area contributed by atoms with Crippen LogP contribution in [0, 0.1) is 5.92 Å². The van der Waals surface area contributed by atoms with E-state index in [-0.39, 0.29) is 22.9 Å². The van der Waals surface area contributed by atoms with Crippen LogP contribution in [0.4, 0.5) is 0 Å². The summed E-state index contributed by atoms with van der Waals surface area (Å²) in [6.45, 7) is 6.21. The molecule has 1 amide bonds. The Bertz CT molecular complexity index is 333. The normalized spacial score (nSPS) is 12.9. The summed E-state index contributed by atoms with van der Waals surface area (Å²) in [7, 11) is 0. The maximum absolute atomic E-state index is 11.6. The number of hydrogen-bond acceptors (Lipinski definition) is 2. The molecule has 0 aliphatic rings. The van der Waals surface area contributed by atoms with E-state index in [9.17, 15) is 4.79 Å². The van der Waals surface area contributed by atoms with Crippen molar-refractivity contribution in [3.05, 3.63) is 23.1 Å². The lowest BCUT2D eigenvalue weighted by atomic mass is 10.1. The Morgan fingerprint density at radius 2 is 2.13 bits per heavy atom. The molecule has 84 valence electrons. The molecule has 1 aromatic rings. The Morgan fingerprint density at radius 1 is 1.47 bits per heavy atom. The van der Waals surface area contributed by atoms with Gasteiger partial charge in [0.1, 0.15) is 0 Å². The van der Waals surface area contributed by atoms with E-state index >= 15 is 0 Å². The third kappa shape index (κ3) is 3.96. The van der Waals surface area contributed by atoms with Gasteiger partial charge in [-0.15, -0.1) is 0 Å². The summed E-state index contributed by atoms with van der Waals surface area (Å²) in [6.07, 6.45) is 0.945. The van der Waals surface area contributed by atoms with Crippen molar-refractivity contribution in [3.8, 4) is 0 Å². The molecular weight excluding hydrogens is 214 g/mol. The van der Waals surface area contributed by atoms with Gasteiger partial charge in [-0.25, -0.2) is 0 Å². The highest BCUT2D eigenvalue weighted by Crippen LogP contribution is 2.13. The van der Waals surface area contributed by atoms with Gasteiger partial charge in [0.15, 0.2) is 11.0 Å². The second-order valence-electron chi connectivity index (χ2n) is 4.11. The topological polar surface area (TPSA) is 42.2 Å². The van der Waals surface area contributed by atoms with Gasteiger partial charge in [0.25, 0.3) is 5.91 Å². The smallest absolute Gasteiger partial charge is 0.287 e. The molecule has 0 aliphatic heterocycles. The molecule has 3 nitrogen and oxygen atoms in total. The SMILES string of the molecule is CC(C)CC(C)NC(=O)c1ccc(Cl)o1. The summed E-state index contributed by atoms with van der Waals surface area (Å²) in [5.41, 5.74) is 0. The number of halogens is 1. The maximum atomic E-state index is 11.6. The predicted octanol–water partition coefficient (Wildman–Crippen LogP) is 3.10. The molecule has 0 saturated heterocycles. The van der Waals surface area contributed by atoms with Crippen molar-refractivity contribution in [2.45, 2.75) is 33.2 Å². The Hall–Kier alpha value is -0.960. The fourth-order valence-electron chi connectivity index (χ4n) is 1.50. The predicted molar refractivity (Wildman–Crippen MR) is 60.1 cm³/mol. The van der Waals surface area contributed by atoms with Crippen molar-refractivity contribution in [1.29, 1.82) is 0 Å². The molecule has 0 bridgehead atoms. The van der Waals surface area contributed by atoms with Crippen molar-refractivity contribution < 1.29 is 9.21 Å². The van der Waals surface area contributed by atoms with Gasteiger partial charge < -0.3 is 9.73 Å². The Balaban J connectivity index is 2.49. The maximum Gasteiger partial charge on any atom is 0.287 e. The number of furan rings is 1. The molecule has 0 aliphatic carbocycles. The molecule has 0 radical (unpaired) electrons. The fourth-order valence-corrected chi connectivity index (χ4v) is 1.64. The number of amides is 1. The summed E-state index contributed by atoms with van der Waals surface area (Å²) < 4.78 is 5.00. The molecule has 0 saturated carbocycles. The molecule has 4 heteroatoms. The van der Waals surface area contributed by atoms with Crippen LogP contribution in [0.3, 0.4) is 0 Å². The lowest BCUT2D eigenvalue weighted by Crippen LogP contribution is -2.33. The van der Waals surface area contributed by atoms with E-state index in [4.69, 9.17) is 16.0 Å². The van der Waals surface area contributed by atoms with E-state index in [2.05, 4.69) is 19.2 Å². The third-order valence-corrected chi connectivity index (χ3v) is 2.20. The monoisotopic (exact) mass is 229 g/mol. The standard InChI is InChI=1S/C11H16ClNO2/c1-7(2)6-8(3)13-11(14)9-4-5-10(12)15-9/h4-5,7-8H,6H2,1-3H3,(H,13,14). The van der Waals surface area contributed by atoms with Gasteiger partial charge in [0, 0.05) is 6.04 Å². The van der Waals surface area contributed by atoms with E-state index in [1.54, 1.807) is 12.1 Å². The minimum Gasteiger partial charge on any atom is -0.440 e. The largest absolute Gasteiger partial charge is 0.440 e. The van der Waals surface area contributed by atoms with E-state index < -0.39 is 0 Å². The molecule has 0 spiro atoms. The summed E-state index contributed by atoms with van der Waals surface area (Å²) in [6, 6.07) is 3.27. The zero-order chi connectivity index (χ0) is 11.4. The Labute approximate surface area is 94.8 Å². The molecule has 1 N–H and O–H groups in total. The molecule has 1 heterocycles. The summed E-state index contributed by atoms with van der Waals surface area (Å²) in [5, 5.41) is 3.08. The van der Waals surface area contributed by atoms with Gasteiger partial charge in [0.2, 0.25) is 0 Å². The number of rotatable bonds is 4. The van der Waals surface area contributed by atoms with Gasteiger partial charge in [-0.05, 0) is 43.0 Å². The van der Waals surface area contributed by atoms with E-state index in [1.165, 1.54) is 0 Å². The second kappa shape index (κ2) is 5.21. The molecule has 0 aromatic carbocycles. The van der Waals surface area contributed by atoms with Crippen LogP contribution in [0.25, 0.3) is 0 Å². The third-order valence-electron chi connectivity index (χ3n) is 2.00. The van der Waals surface area contributed by atoms with Crippen LogP contribution in [0.15, 0.2) is 16.5 Å². The van der Waals surface area contributed by atoms with Crippen molar-refractivity contribution in [3.63, 3.8) is 0 Å². The first kappa shape index (κ1) is 12.1. The highest BCUT2D eigenvalue weighted by Gasteiger charge is 2.13. The van der Waals surface area contributed by atoms with Crippen molar-refractivity contribution in [2.75, 3.05) is 0 Å². The van der Waals surface area contributed by atoms with Gasteiger partial charge in [-0.2, -0.15) is 0 Å². The highest BCUT2D eigenvalue weighted by atomic mass is 35.5. The van der Waals surface area contributed by atoms with Crippen LogP contribution in [0.2, 0.25) is 5.22 Å². The molecule has 0 fully saturated rings. The quantitative estimate of drug-likeness (QED) is 0.862. The number of hydrogen-bond donors (Lipinski definition) is 1. The number of nitrogens with one attached hydrogen (secondary N) is 1. The van der Waals surface area contributed by atoms with Gasteiger partial charge in [0.05, 0.1) is 0 Å². The zero-order valence-corrected chi connectivity index (χ0v) is 9.97. The Kier molecular flexibility index (Phi) is 4.21. The van der Waals surface area contributed by atoms with Gasteiger partial charge >= 0.3 is 0 Å². The first-order valence-corrected chi connectivity index (χ1v) is 5.43. The minimum absolute atomic E-state index is 0.140. The molecule has 1 rings (SSSR count). The lowest BCUT2D eigenvalue weighted by Gasteiger charge is -2.14. The molecule has 1 atom stereocenters. The number of carbonyl (C=O) groups excluding carboxylic acids is 1. The molecule has 1 aromatic heterocycles. The highest BCUT2D eigenvalue weighted by molar-refractivity contribution is 6.29. The molecule has 15 heavy (non-hydrogen) atoms. The lowest BCUT2D eigenvalue weighted by molar-refractivity contribution is 0.0908. The summed E-state index contributed by atoms with van der Waals surface area (Å²) >= 11 is 5.58. The average molecular weight is 230 g/mol. The Morgan fingerprint density at radius 3 is 2.60 bits per heavy atom. The van der Waals surface area contributed by atoms with Crippen LogP contribution in [0.5, 0.6) is 0 Å². The molecule has 1 unspecified atom stereocenters. The van der Waals surface area contributed by atoms with Crippen LogP contribution in [0.1, 0.15) is 37.7 Å². The summed E-state index contributed by atoms with van der Waals surface area (Å²) in [4.78, 5) is 11.6.